The van der Waals surface area contributed by atoms with Crippen LogP contribution in [0.4, 0.5) is 5.69 Å². The molecule has 5 nitrogen and oxygen atoms in total. The lowest BCUT2D eigenvalue weighted by molar-refractivity contribution is -0.119. The summed E-state index contributed by atoms with van der Waals surface area (Å²) < 4.78 is 5.91. The second-order valence-electron chi connectivity index (χ2n) is 4.37. The van der Waals surface area contributed by atoms with Gasteiger partial charge in [-0.2, -0.15) is 0 Å². The number of ether oxygens (including phenoxy) is 1. The van der Waals surface area contributed by atoms with Crippen molar-refractivity contribution in [2.24, 2.45) is 0 Å². The fourth-order valence-electron chi connectivity index (χ4n) is 1.68. The van der Waals surface area contributed by atoms with E-state index < -0.39 is 11.9 Å². The molecule has 1 N–H and O–H groups in total. The Labute approximate surface area is 140 Å². The van der Waals surface area contributed by atoms with Crippen LogP contribution in [0.15, 0.2) is 48.5 Å². The van der Waals surface area contributed by atoms with Gasteiger partial charge in [-0.05, 0) is 52.9 Å². The van der Waals surface area contributed by atoms with Crippen molar-refractivity contribution >= 4 is 46.4 Å². The summed E-state index contributed by atoms with van der Waals surface area (Å²) in [6.45, 7) is -0.375. The quantitative estimate of drug-likeness (QED) is 0.469. The van der Waals surface area contributed by atoms with Crippen LogP contribution in [0, 0.1) is 3.57 Å². The molecule has 0 atom stereocenters. The van der Waals surface area contributed by atoms with Crippen LogP contribution in [0.3, 0.4) is 0 Å². The van der Waals surface area contributed by atoms with E-state index in [1.54, 1.807) is 12.1 Å². The van der Waals surface area contributed by atoms with Crippen LogP contribution in [0.25, 0.3) is 0 Å². The molecule has 0 aliphatic carbocycles. The number of nitrogens with one attached hydrogen (secondary N) is 1. The van der Waals surface area contributed by atoms with Crippen molar-refractivity contribution in [2.45, 2.75) is 0 Å². The minimum Gasteiger partial charge on any atom is -0.452 e. The lowest BCUT2D eigenvalue weighted by Gasteiger charge is -2.07. The zero-order chi connectivity index (χ0) is 15.9. The Morgan fingerprint density at radius 1 is 1.14 bits per heavy atom. The van der Waals surface area contributed by atoms with Crippen molar-refractivity contribution in [3.8, 4) is 0 Å². The maximum atomic E-state index is 11.8. The van der Waals surface area contributed by atoms with Crippen LogP contribution < -0.4 is 5.32 Å². The van der Waals surface area contributed by atoms with Gasteiger partial charge >= 0.3 is 5.97 Å². The Kier molecular flexibility index (Phi) is 5.65. The minimum absolute atomic E-state index is 0.285. The van der Waals surface area contributed by atoms with Crippen molar-refractivity contribution in [1.82, 2.24) is 0 Å². The Morgan fingerprint density at radius 2 is 1.86 bits per heavy atom. The minimum atomic E-state index is -0.616. The van der Waals surface area contributed by atoms with Crippen molar-refractivity contribution < 1.29 is 19.1 Å². The summed E-state index contributed by atoms with van der Waals surface area (Å²) in [5, 5.41) is 2.64. The molecule has 0 spiro atoms. The van der Waals surface area contributed by atoms with E-state index in [4.69, 9.17) is 4.74 Å². The summed E-state index contributed by atoms with van der Waals surface area (Å²) in [6, 6.07) is 13.2. The van der Waals surface area contributed by atoms with Crippen LogP contribution in [-0.2, 0) is 9.53 Å². The van der Waals surface area contributed by atoms with E-state index in [1.165, 1.54) is 24.3 Å². The molecule has 2 aromatic rings. The molecule has 0 aromatic heterocycles. The van der Waals surface area contributed by atoms with Gasteiger partial charge in [-0.25, -0.2) is 4.79 Å². The van der Waals surface area contributed by atoms with Crippen LogP contribution in [0.2, 0.25) is 0 Å². The smallest absolute Gasteiger partial charge is 0.338 e. The van der Waals surface area contributed by atoms with E-state index in [-0.39, 0.29) is 12.2 Å². The summed E-state index contributed by atoms with van der Waals surface area (Å²) in [5.41, 5.74) is 1.39. The highest BCUT2D eigenvalue weighted by molar-refractivity contribution is 14.1. The second kappa shape index (κ2) is 7.69. The second-order valence-corrected chi connectivity index (χ2v) is 5.62. The Balaban J connectivity index is 1.87. The first-order valence-corrected chi connectivity index (χ1v) is 7.44. The number of anilines is 1. The average Bonchev–Trinajstić information content (AvgIpc) is 2.52. The zero-order valence-corrected chi connectivity index (χ0v) is 13.6. The first kappa shape index (κ1) is 16.2. The van der Waals surface area contributed by atoms with E-state index in [1.807, 2.05) is 12.1 Å². The average molecular weight is 409 g/mol. The topological polar surface area (TPSA) is 72.5 Å². The largest absolute Gasteiger partial charge is 0.452 e. The fourth-order valence-corrected chi connectivity index (χ4v) is 2.22. The zero-order valence-electron chi connectivity index (χ0n) is 11.4. The number of halogens is 1. The molecule has 6 heteroatoms. The summed E-state index contributed by atoms with van der Waals surface area (Å²) in [7, 11) is 0. The SMILES string of the molecule is O=Cc1ccc(C(=O)OCC(=O)Nc2cccc(I)c2)cc1. The van der Waals surface area contributed by atoms with Gasteiger partial charge in [-0.15, -0.1) is 0 Å². The van der Waals surface area contributed by atoms with Crippen molar-refractivity contribution in [2.75, 3.05) is 11.9 Å². The molecule has 0 aliphatic heterocycles. The van der Waals surface area contributed by atoms with Crippen molar-refractivity contribution in [1.29, 1.82) is 0 Å². The highest BCUT2D eigenvalue weighted by Gasteiger charge is 2.10. The molecule has 2 aromatic carbocycles. The van der Waals surface area contributed by atoms with Crippen molar-refractivity contribution in [3.05, 3.63) is 63.2 Å². The molecule has 0 heterocycles. The molecular formula is C16H12INO4. The van der Waals surface area contributed by atoms with Gasteiger partial charge in [-0.1, -0.05) is 18.2 Å². The fraction of sp³-hybridized carbons (Fsp3) is 0.0625. The molecular weight excluding hydrogens is 397 g/mol. The Hall–Kier alpha value is -2.22. The predicted octanol–water partition coefficient (Wildman–Crippen LogP) is 2.90. The van der Waals surface area contributed by atoms with E-state index in [0.717, 1.165) is 3.57 Å². The normalized spacial score (nSPS) is 9.86. The Bertz CT molecular complexity index is 698. The van der Waals surface area contributed by atoms with Gasteiger partial charge in [0.15, 0.2) is 6.61 Å². The molecule has 0 saturated carbocycles. The van der Waals surface area contributed by atoms with Crippen LogP contribution in [0.5, 0.6) is 0 Å². The van der Waals surface area contributed by atoms with Crippen LogP contribution >= 0.6 is 22.6 Å². The molecule has 2 rings (SSSR count). The van der Waals surface area contributed by atoms with Crippen molar-refractivity contribution in [3.63, 3.8) is 0 Å². The molecule has 22 heavy (non-hydrogen) atoms. The molecule has 0 fully saturated rings. The van der Waals surface area contributed by atoms with Crippen LogP contribution in [0.1, 0.15) is 20.7 Å². The number of benzene rings is 2. The van der Waals surface area contributed by atoms with E-state index in [2.05, 4.69) is 27.9 Å². The predicted molar refractivity (Wildman–Crippen MR) is 89.9 cm³/mol. The Morgan fingerprint density at radius 3 is 2.50 bits per heavy atom. The molecule has 0 aliphatic rings. The number of hydrogen-bond donors (Lipinski definition) is 1. The maximum Gasteiger partial charge on any atom is 0.338 e. The summed E-state index contributed by atoms with van der Waals surface area (Å²) >= 11 is 2.14. The highest BCUT2D eigenvalue weighted by atomic mass is 127. The standard InChI is InChI=1S/C16H12INO4/c17-13-2-1-3-14(8-13)18-15(20)10-22-16(21)12-6-4-11(9-19)5-7-12/h1-9H,10H2,(H,18,20). The third-order valence-electron chi connectivity index (χ3n) is 2.73. The highest BCUT2D eigenvalue weighted by Crippen LogP contribution is 2.12. The maximum absolute atomic E-state index is 11.8. The molecule has 1 amide bonds. The summed E-state index contributed by atoms with van der Waals surface area (Å²) in [6.07, 6.45) is 0.684. The van der Waals surface area contributed by atoms with Gasteiger partial charge in [0.2, 0.25) is 0 Å². The first-order chi connectivity index (χ1) is 10.6. The van der Waals surface area contributed by atoms with Gasteiger partial charge in [0, 0.05) is 14.8 Å². The number of amides is 1. The van der Waals surface area contributed by atoms with Gasteiger partial charge < -0.3 is 10.1 Å². The molecule has 0 bridgehead atoms. The third kappa shape index (κ3) is 4.66. The summed E-state index contributed by atoms with van der Waals surface area (Å²) in [4.78, 5) is 34.0. The molecule has 0 saturated heterocycles. The number of rotatable bonds is 5. The monoisotopic (exact) mass is 409 g/mol. The van der Waals surface area contributed by atoms with E-state index in [9.17, 15) is 14.4 Å². The van der Waals surface area contributed by atoms with Gasteiger partial charge in [0.05, 0.1) is 5.56 Å². The first-order valence-electron chi connectivity index (χ1n) is 6.36. The van der Waals surface area contributed by atoms with E-state index in [0.29, 0.717) is 17.5 Å². The van der Waals surface area contributed by atoms with Gasteiger partial charge in [0.25, 0.3) is 5.91 Å². The number of esters is 1. The third-order valence-corrected chi connectivity index (χ3v) is 3.40. The van der Waals surface area contributed by atoms with Crippen LogP contribution in [-0.4, -0.2) is 24.8 Å². The van der Waals surface area contributed by atoms with E-state index >= 15 is 0 Å². The van der Waals surface area contributed by atoms with Gasteiger partial charge in [-0.3, -0.25) is 9.59 Å². The number of carbonyl (C=O) groups excluding carboxylic acids is 3. The molecule has 0 radical (unpaired) electrons. The summed E-state index contributed by atoms with van der Waals surface area (Å²) in [5.74, 6) is -1.03. The lowest BCUT2D eigenvalue weighted by Crippen LogP contribution is -2.20. The molecule has 0 unspecified atom stereocenters. The number of aldehydes is 1. The number of carbonyl (C=O) groups is 3. The lowest BCUT2D eigenvalue weighted by atomic mass is 10.1. The molecule has 112 valence electrons. The number of hydrogen-bond acceptors (Lipinski definition) is 4. The van der Waals surface area contributed by atoms with Gasteiger partial charge in [0.1, 0.15) is 6.29 Å².